The molecule has 0 spiro atoms. The second-order valence-electron chi connectivity index (χ2n) is 6.97. The first-order valence-electron chi connectivity index (χ1n) is 10.3. The Morgan fingerprint density at radius 1 is 0.897 bits per heavy atom. The van der Waals surface area contributed by atoms with Gasteiger partial charge in [-0.1, -0.05) is 13.8 Å². The van der Waals surface area contributed by atoms with Gasteiger partial charge in [0.2, 0.25) is 0 Å². The van der Waals surface area contributed by atoms with Gasteiger partial charge in [0.25, 0.3) is 5.91 Å². The van der Waals surface area contributed by atoms with Crippen LogP contribution in [0.2, 0.25) is 0 Å². The van der Waals surface area contributed by atoms with E-state index in [-0.39, 0.29) is 11.9 Å². The van der Waals surface area contributed by atoms with Gasteiger partial charge < -0.3 is 9.80 Å². The summed E-state index contributed by atoms with van der Waals surface area (Å²) in [6.07, 6.45) is 10.3. The average molecular weight is 399 g/mol. The monoisotopic (exact) mass is 399 g/mol. The number of carbonyl (C=O) groups excluding carboxylic acids is 2. The van der Waals surface area contributed by atoms with Crippen LogP contribution in [0.5, 0.6) is 0 Å². The van der Waals surface area contributed by atoms with E-state index in [1.807, 2.05) is 31.1 Å². The Hall–Kier alpha value is -2.81. The Bertz CT molecular complexity index is 794. The van der Waals surface area contributed by atoms with E-state index < -0.39 is 0 Å². The molecule has 29 heavy (non-hydrogen) atoms. The Balaban J connectivity index is 0.00000117. The molecule has 0 aromatic carbocycles. The predicted molar refractivity (Wildman–Crippen MR) is 108 cm³/mol. The van der Waals surface area contributed by atoms with Crippen molar-refractivity contribution in [2.75, 3.05) is 39.3 Å². The Labute approximate surface area is 171 Å². The Morgan fingerprint density at radius 3 is 2.21 bits per heavy atom. The van der Waals surface area contributed by atoms with Crippen molar-refractivity contribution in [2.45, 2.75) is 33.2 Å². The molecule has 0 saturated carbocycles. The fraction of sp³-hybridized carbons (Fsp3) is 0.550. The number of aromatic nitrogens is 4. The first-order chi connectivity index (χ1) is 14.2. The minimum atomic E-state index is -0.182. The average Bonchev–Trinajstić information content (AvgIpc) is 3.48. The van der Waals surface area contributed by atoms with Gasteiger partial charge in [0.1, 0.15) is 6.33 Å². The van der Waals surface area contributed by atoms with Gasteiger partial charge in [0, 0.05) is 70.0 Å². The summed E-state index contributed by atoms with van der Waals surface area (Å²) in [4.78, 5) is 39.0. The third kappa shape index (κ3) is 5.17. The van der Waals surface area contributed by atoms with Crippen molar-refractivity contribution in [3.63, 3.8) is 0 Å². The van der Waals surface area contributed by atoms with E-state index in [0.29, 0.717) is 18.7 Å². The molecule has 2 fully saturated rings. The minimum absolute atomic E-state index is 0.0403. The molecule has 0 unspecified atom stereocenters. The molecule has 9 heteroatoms. The van der Waals surface area contributed by atoms with Gasteiger partial charge in [-0.15, -0.1) is 0 Å². The topological polar surface area (TPSA) is 87.5 Å². The van der Waals surface area contributed by atoms with Gasteiger partial charge in [-0.05, 0) is 12.8 Å². The fourth-order valence-corrected chi connectivity index (χ4v) is 3.55. The predicted octanol–water partition coefficient (Wildman–Crippen LogP) is 1.72. The first-order valence-corrected chi connectivity index (χ1v) is 10.3. The van der Waals surface area contributed by atoms with Gasteiger partial charge in [0.15, 0.2) is 0 Å². The lowest BCUT2D eigenvalue weighted by Crippen LogP contribution is -2.49. The molecule has 2 aliphatic heterocycles. The summed E-state index contributed by atoms with van der Waals surface area (Å²) in [5.74, 6) is -0.0403. The van der Waals surface area contributed by atoms with E-state index in [2.05, 4.69) is 20.0 Å². The van der Waals surface area contributed by atoms with E-state index in [4.69, 9.17) is 0 Å². The fourth-order valence-electron chi connectivity index (χ4n) is 3.55. The molecule has 4 heterocycles. The number of rotatable bonds is 3. The molecule has 0 N–H and O–H groups in total. The summed E-state index contributed by atoms with van der Waals surface area (Å²) in [6, 6.07) is -0.182. The number of nitrogens with zero attached hydrogens (tertiary/aromatic N) is 7. The van der Waals surface area contributed by atoms with Crippen molar-refractivity contribution in [3.05, 3.63) is 42.2 Å². The first kappa shape index (κ1) is 20.9. The molecule has 2 amide bonds. The molecule has 156 valence electrons. The number of hydrogen-bond donors (Lipinski definition) is 0. The van der Waals surface area contributed by atoms with E-state index in [1.54, 1.807) is 11.1 Å². The van der Waals surface area contributed by atoms with Gasteiger partial charge in [-0.3, -0.25) is 9.69 Å². The molecule has 0 bridgehead atoms. The number of carbonyl (C=O) groups is 2. The molecular weight excluding hydrogens is 370 g/mol. The summed E-state index contributed by atoms with van der Waals surface area (Å²) < 4.78 is 1.28. The van der Waals surface area contributed by atoms with Crippen LogP contribution in [-0.2, 0) is 6.54 Å². The summed E-state index contributed by atoms with van der Waals surface area (Å²) in [5, 5.41) is 4.12. The lowest BCUT2D eigenvalue weighted by molar-refractivity contribution is 0.0793. The zero-order valence-electron chi connectivity index (χ0n) is 17.2. The van der Waals surface area contributed by atoms with Crippen molar-refractivity contribution >= 4 is 11.9 Å². The van der Waals surface area contributed by atoms with Crippen molar-refractivity contribution in [1.29, 1.82) is 0 Å². The van der Waals surface area contributed by atoms with E-state index >= 15 is 0 Å². The van der Waals surface area contributed by atoms with Crippen LogP contribution < -0.4 is 0 Å². The van der Waals surface area contributed by atoms with Crippen LogP contribution in [0.3, 0.4) is 0 Å². The molecule has 2 aromatic rings. The van der Waals surface area contributed by atoms with Crippen molar-refractivity contribution < 1.29 is 9.59 Å². The smallest absolute Gasteiger partial charge is 0.339 e. The number of hydrogen-bond acceptors (Lipinski definition) is 6. The molecule has 2 saturated heterocycles. The van der Waals surface area contributed by atoms with Crippen LogP contribution in [0.25, 0.3) is 0 Å². The highest BCUT2D eigenvalue weighted by atomic mass is 16.2. The SMILES string of the molecule is CC.O=C(c1cnn(C(=O)N2CCN(Cc3cncnc3)CC2)c1)N1CCCC1. The lowest BCUT2D eigenvalue weighted by atomic mass is 10.2. The van der Waals surface area contributed by atoms with Crippen LogP contribution in [0, 0.1) is 0 Å². The lowest BCUT2D eigenvalue weighted by Gasteiger charge is -2.34. The van der Waals surface area contributed by atoms with Crippen molar-refractivity contribution in [1.82, 2.24) is 34.4 Å². The van der Waals surface area contributed by atoms with Crippen LogP contribution in [0.4, 0.5) is 4.79 Å². The van der Waals surface area contributed by atoms with E-state index in [9.17, 15) is 9.59 Å². The van der Waals surface area contributed by atoms with Crippen LogP contribution >= 0.6 is 0 Å². The second kappa shape index (κ2) is 10.1. The van der Waals surface area contributed by atoms with Gasteiger partial charge >= 0.3 is 6.03 Å². The minimum Gasteiger partial charge on any atom is -0.339 e. The summed E-state index contributed by atoms with van der Waals surface area (Å²) in [6.45, 7) is 9.16. The largest absolute Gasteiger partial charge is 0.344 e. The number of amides is 2. The summed E-state index contributed by atoms with van der Waals surface area (Å²) in [7, 11) is 0. The highest BCUT2D eigenvalue weighted by Crippen LogP contribution is 2.13. The molecule has 0 aliphatic carbocycles. The van der Waals surface area contributed by atoms with Gasteiger partial charge in [-0.2, -0.15) is 9.78 Å². The molecule has 4 rings (SSSR count). The normalized spacial score (nSPS) is 17.0. The zero-order valence-corrected chi connectivity index (χ0v) is 17.2. The molecule has 0 atom stereocenters. The summed E-state index contributed by atoms with van der Waals surface area (Å²) in [5.41, 5.74) is 1.54. The van der Waals surface area contributed by atoms with Crippen LogP contribution in [-0.4, -0.2) is 85.7 Å². The quantitative estimate of drug-likeness (QED) is 0.781. The molecule has 9 nitrogen and oxygen atoms in total. The van der Waals surface area contributed by atoms with Gasteiger partial charge in [-0.25, -0.2) is 14.8 Å². The maximum atomic E-state index is 12.7. The maximum absolute atomic E-state index is 12.7. The van der Waals surface area contributed by atoms with E-state index in [0.717, 1.165) is 51.1 Å². The van der Waals surface area contributed by atoms with Crippen molar-refractivity contribution in [2.24, 2.45) is 0 Å². The second-order valence-corrected chi connectivity index (χ2v) is 6.97. The molecule has 2 aromatic heterocycles. The number of likely N-dealkylation sites (tertiary alicyclic amines) is 1. The maximum Gasteiger partial charge on any atom is 0.344 e. The standard InChI is InChI=1S/C18H23N7O2.C2H6/c26-17(23-3-1-2-4-23)16-11-21-25(13-16)18(27)24-7-5-22(6-8-24)12-15-9-19-14-20-10-15;1-2/h9-11,13-14H,1-8,12H2;1-2H3. The van der Waals surface area contributed by atoms with Crippen LogP contribution in [0.1, 0.15) is 42.6 Å². The molecule has 0 radical (unpaired) electrons. The third-order valence-electron chi connectivity index (χ3n) is 5.08. The third-order valence-corrected chi connectivity index (χ3v) is 5.08. The summed E-state index contributed by atoms with van der Waals surface area (Å²) >= 11 is 0. The molecular formula is C20H29N7O2. The highest BCUT2D eigenvalue weighted by Gasteiger charge is 2.25. The molecule has 2 aliphatic rings. The van der Waals surface area contributed by atoms with Crippen molar-refractivity contribution in [3.8, 4) is 0 Å². The Kier molecular flexibility index (Phi) is 7.29. The van der Waals surface area contributed by atoms with Gasteiger partial charge in [0.05, 0.1) is 11.8 Å². The van der Waals surface area contributed by atoms with Crippen LogP contribution in [0.15, 0.2) is 31.1 Å². The number of piperazine rings is 1. The van der Waals surface area contributed by atoms with E-state index in [1.165, 1.54) is 17.2 Å². The highest BCUT2D eigenvalue weighted by molar-refractivity contribution is 5.94. The Morgan fingerprint density at radius 2 is 1.55 bits per heavy atom. The zero-order chi connectivity index (χ0) is 20.6.